The Balaban J connectivity index is 2.90. The molecule has 3 N–H and O–H groups in total. The second-order valence-electron chi connectivity index (χ2n) is 4.73. The fourth-order valence-corrected chi connectivity index (χ4v) is 2.04. The minimum atomic E-state index is 0.0230. The molecule has 0 aliphatic carbocycles. The van der Waals surface area contributed by atoms with Crippen molar-refractivity contribution in [3.05, 3.63) is 16.9 Å². The van der Waals surface area contributed by atoms with Crippen LogP contribution < -0.4 is 11.3 Å². The summed E-state index contributed by atoms with van der Waals surface area (Å²) in [5, 5.41) is 4.95. The molecule has 0 aromatic carbocycles. The number of rotatable bonds is 6. The van der Waals surface area contributed by atoms with Gasteiger partial charge >= 0.3 is 0 Å². The second-order valence-corrected chi connectivity index (χ2v) is 5.13. The van der Waals surface area contributed by atoms with Gasteiger partial charge in [0.15, 0.2) is 0 Å². The van der Waals surface area contributed by atoms with Crippen molar-refractivity contribution in [2.45, 2.75) is 32.4 Å². The van der Waals surface area contributed by atoms with Crippen molar-refractivity contribution in [3.63, 3.8) is 0 Å². The monoisotopic (exact) mass is 259 g/mol. The van der Waals surface area contributed by atoms with Crippen LogP contribution in [0.2, 0.25) is 5.02 Å². The molecule has 0 spiro atoms. The summed E-state index contributed by atoms with van der Waals surface area (Å²) in [5.41, 5.74) is 3.79. The van der Waals surface area contributed by atoms with Gasteiger partial charge in [0.05, 0.1) is 23.0 Å². The highest BCUT2D eigenvalue weighted by Crippen LogP contribution is 2.27. The molecular weight excluding hydrogens is 238 g/mol. The van der Waals surface area contributed by atoms with Crippen LogP contribution in [0.4, 0.5) is 0 Å². The zero-order valence-corrected chi connectivity index (χ0v) is 11.7. The Labute approximate surface area is 108 Å². The van der Waals surface area contributed by atoms with Gasteiger partial charge in [-0.25, -0.2) is 0 Å². The number of hydrogen-bond donors (Lipinski definition) is 2. The molecule has 5 nitrogen and oxygen atoms in total. The van der Waals surface area contributed by atoms with E-state index >= 15 is 0 Å². The lowest BCUT2D eigenvalue weighted by molar-refractivity contribution is 0.349. The van der Waals surface area contributed by atoms with Crippen LogP contribution in [-0.4, -0.2) is 35.3 Å². The molecule has 1 atom stereocenters. The fraction of sp³-hybridized carbons (Fsp3) is 0.727. The first-order chi connectivity index (χ1) is 7.97. The number of hydrazine groups is 1. The average molecular weight is 260 g/mol. The molecule has 0 saturated heterocycles. The zero-order chi connectivity index (χ0) is 13.0. The maximum absolute atomic E-state index is 6.19. The smallest absolute Gasteiger partial charge is 0.0834 e. The Kier molecular flexibility index (Phi) is 5.39. The summed E-state index contributed by atoms with van der Waals surface area (Å²) >= 11 is 6.19. The first-order valence-electron chi connectivity index (χ1n) is 5.81. The van der Waals surface area contributed by atoms with Crippen LogP contribution in [-0.2, 0) is 0 Å². The van der Waals surface area contributed by atoms with Gasteiger partial charge in [-0.15, -0.1) is 0 Å². The van der Waals surface area contributed by atoms with Gasteiger partial charge in [0, 0.05) is 6.04 Å². The van der Waals surface area contributed by atoms with Crippen molar-refractivity contribution in [2.75, 3.05) is 20.6 Å². The average Bonchev–Trinajstić information content (AvgIpc) is 2.62. The Hall–Kier alpha value is -0.620. The highest BCUT2D eigenvalue weighted by molar-refractivity contribution is 6.31. The molecule has 0 amide bonds. The van der Waals surface area contributed by atoms with Gasteiger partial charge in [-0.1, -0.05) is 11.6 Å². The summed E-state index contributed by atoms with van der Waals surface area (Å²) in [6.45, 7) is 5.09. The lowest BCUT2D eigenvalue weighted by Gasteiger charge is -2.21. The molecular formula is C11H22ClN5. The van der Waals surface area contributed by atoms with E-state index in [-0.39, 0.29) is 12.1 Å². The third-order valence-corrected chi connectivity index (χ3v) is 2.96. The van der Waals surface area contributed by atoms with E-state index in [0.29, 0.717) is 5.02 Å². The summed E-state index contributed by atoms with van der Waals surface area (Å²) in [7, 11) is 4.07. The van der Waals surface area contributed by atoms with E-state index in [2.05, 4.69) is 29.3 Å². The van der Waals surface area contributed by atoms with Crippen LogP contribution in [0.15, 0.2) is 6.20 Å². The quantitative estimate of drug-likeness (QED) is 0.602. The van der Waals surface area contributed by atoms with Gasteiger partial charge in [0.1, 0.15) is 0 Å². The molecule has 98 valence electrons. The van der Waals surface area contributed by atoms with Gasteiger partial charge < -0.3 is 4.90 Å². The first kappa shape index (κ1) is 14.4. The molecule has 0 radical (unpaired) electrons. The lowest BCUT2D eigenvalue weighted by Crippen LogP contribution is -2.32. The highest BCUT2D eigenvalue weighted by atomic mass is 35.5. The van der Waals surface area contributed by atoms with Gasteiger partial charge in [-0.2, -0.15) is 5.10 Å². The number of nitrogens with zero attached hydrogens (tertiary/aromatic N) is 3. The highest BCUT2D eigenvalue weighted by Gasteiger charge is 2.20. The molecule has 17 heavy (non-hydrogen) atoms. The zero-order valence-electron chi connectivity index (χ0n) is 10.9. The molecule has 1 heterocycles. The molecule has 1 rings (SSSR count). The van der Waals surface area contributed by atoms with E-state index in [1.165, 1.54) is 0 Å². The third-order valence-electron chi connectivity index (χ3n) is 2.67. The molecule has 1 aromatic rings. The number of halogens is 1. The molecule has 1 unspecified atom stereocenters. The van der Waals surface area contributed by atoms with Gasteiger partial charge in [-0.3, -0.25) is 16.0 Å². The molecule has 1 aromatic heterocycles. The van der Waals surface area contributed by atoms with Crippen molar-refractivity contribution < 1.29 is 0 Å². The Morgan fingerprint density at radius 3 is 2.65 bits per heavy atom. The van der Waals surface area contributed by atoms with E-state index in [4.69, 9.17) is 17.4 Å². The second kappa shape index (κ2) is 6.35. The largest absolute Gasteiger partial charge is 0.309 e. The van der Waals surface area contributed by atoms with E-state index in [1.807, 2.05) is 18.8 Å². The van der Waals surface area contributed by atoms with Gasteiger partial charge in [-0.05, 0) is 40.9 Å². The fourth-order valence-electron chi connectivity index (χ4n) is 1.77. The maximum Gasteiger partial charge on any atom is 0.0834 e. The van der Waals surface area contributed by atoms with Crippen molar-refractivity contribution in [3.8, 4) is 0 Å². The molecule has 6 heteroatoms. The minimum Gasteiger partial charge on any atom is -0.309 e. The Morgan fingerprint density at radius 2 is 2.18 bits per heavy atom. The van der Waals surface area contributed by atoms with Crippen LogP contribution in [0.25, 0.3) is 0 Å². The summed E-state index contributed by atoms with van der Waals surface area (Å²) in [4.78, 5) is 2.12. The molecule has 0 saturated carbocycles. The Bertz CT molecular complexity index is 348. The van der Waals surface area contributed by atoms with E-state index in [9.17, 15) is 0 Å². The number of nitrogens with two attached hydrogens (primary N) is 1. The maximum atomic E-state index is 6.19. The van der Waals surface area contributed by atoms with Crippen LogP contribution in [0.5, 0.6) is 0 Å². The summed E-state index contributed by atoms with van der Waals surface area (Å²) in [6, 6.07) is 0.294. The summed E-state index contributed by atoms with van der Waals surface area (Å²) in [5.74, 6) is 5.62. The number of hydrogen-bond acceptors (Lipinski definition) is 4. The third kappa shape index (κ3) is 3.67. The van der Waals surface area contributed by atoms with Crippen LogP contribution in [0, 0.1) is 0 Å². The first-order valence-corrected chi connectivity index (χ1v) is 6.19. The molecule has 0 aliphatic heterocycles. The SMILES string of the molecule is CC(C)n1ncc(Cl)c1C(CCN(C)C)NN. The van der Waals surface area contributed by atoms with Crippen LogP contribution >= 0.6 is 11.6 Å². The Morgan fingerprint density at radius 1 is 1.53 bits per heavy atom. The van der Waals surface area contributed by atoms with E-state index in [0.717, 1.165) is 18.7 Å². The van der Waals surface area contributed by atoms with Crippen molar-refractivity contribution in [1.29, 1.82) is 0 Å². The predicted molar refractivity (Wildman–Crippen MR) is 70.9 cm³/mol. The van der Waals surface area contributed by atoms with Gasteiger partial charge in [0.2, 0.25) is 0 Å². The van der Waals surface area contributed by atoms with Crippen LogP contribution in [0.1, 0.15) is 38.0 Å². The van der Waals surface area contributed by atoms with Crippen molar-refractivity contribution >= 4 is 11.6 Å². The topological polar surface area (TPSA) is 59.1 Å². The standard InChI is InChI=1S/C11H22ClN5/c1-8(2)17-11(9(12)7-14-17)10(15-13)5-6-16(3)4/h7-8,10,15H,5-6,13H2,1-4H3. The van der Waals surface area contributed by atoms with Crippen molar-refractivity contribution in [1.82, 2.24) is 20.1 Å². The van der Waals surface area contributed by atoms with Crippen LogP contribution in [0.3, 0.4) is 0 Å². The minimum absolute atomic E-state index is 0.0230. The lowest BCUT2D eigenvalue weighted by atomic mass is 10.1. The number of nitrogens with one attached hydrogen (secondary N) is 1. The molecule has 0 bridgehead atoms. The molecule has 0 fully saturated rings. The normalized spacial score (nSPS) is 13.6. The van der Waals surface area contributed by atoms with E-state index < -0.39 is 0 Å². The molecule has 0 aliphatic rings. The summed E-state index contributed by atoms with van der Waals surface area (Å²) < 4.78 is 1.92. The van der Waals surface area contributed by atoms with Crippen molar-refractivity contribution in [2.24, 2.45) is 5.84 Å². The van der Waals surface area contributed by atoms with Gasteiger partial charge in [0.25, 0.3) is 0 Å². The summed E-state index contributed by atoms with van der Waals surface area (Å²) in [6.07, 6.45) is 2.57. The number of aromatic nitrogens is 2. The predicted octanol–water partition coefficient (Wildman–Crippen LogP) is 1.57. The van der Waals surface area contributed by atoms with E-state index in [1.54, 1.807) is 6.20 Å².